The third-order valence-electron chi connectivity index (χ3n) is 4.11. The Morgan fingerprint density at radius 3 is 2.74 bits per heavy atom. The number of halogens is 1. The highest BCUT2D eigenvalue weighted by molar-refractivity contribution is 7.11. The fraction of sp³-hybridized carbons (Fsp3) is 0.0476. The van der Waals surface area contributed by atoms with Crippen molar-refractivity contribution in [3.05, 3.63) is 86.3 Å². The molecule has 27 heavy (non-hydrogen) atoms. The van der Waals surface area contributed by atoms with E-state index in [0.717, 1.165) is 10.4 Å². The number of esters is 1. The molecule has 0 unspecified atom stereocenters. The van der Waals surface area contributed by atoms with E-state index in [4.69, 9.17) is 21.1 Å². The summed E-state index contributed by atoms with van der Waals surface area (Å²) in [6, 6.07) is 13.3. The Labute approximate surface area is 164 Å². The Hall–Kier alpha value is -2.89. The van der Waals surface area contributed by atoms with Crippen molar-refractivity contribution in [2.45, 2.75) is 6.92 Å². The number of hydrogen-bond acceptors (Lipinski definition) is 5. The number of fused-ring (bicyclic) bond motifs is 1. The van der Waals surface area contributed by atoms with Crippen LogP contribution in [0.3, 0.4) is 0 Å². The number of hydrogen-bond donors (Lipinski definition) is 0. The van der Waals surface area contributed by atoms with Gasteiger partial charge >= 0.3 is 5.97 Å². The van der Waals surface area contributed by atoms with Crippen molar-refractivity contribution in [1.82, 2.24) is 0 Å². The van der Waals surface area contributed by atoms with Crippen LogP contribution in [0.4, 0.5) is 0 Å². The molecule has 1 aliphatic rings. The molecule has 6 heteroatoms. The number of ketones is 1. The van der Waals surface area contributed by atoms with E-state index < -0.39 is 5.97 Å². The lowest BCUT2D eigenvalue weighted by atomic mass is 10.1. The maximum absolute atomic E-state index is 12.5. The van der Waals surface area contributed by atoms with E-state index in [1.807, 2.05) is 18.4 Å². The fourth-order valence-corrected chi connectivity index (χ4v) is 3.73. The minimum Gasteiger partial charge on any atom is -0.452 e. The van der Waals surface area contributed by atoms with Crippen LogP contribution in [0.25, 0.3) is 6.08 Å². The van der Waals surface area contributed by atoms with Crippen LogP contribution in [-0.2, 0) is 0 Å². The van der Waals surface area contributed by atoms with Gasteiger partial charge in [0, 0.05) is 17.0 Å². The molecule has 3 aromatic rings. The van der Waals surface area contributed by atoms with Crippen molar-refractivity contribution in [2.75, 3.05) is 0 Å². The number of aryl methyl sites for hydroxylation is 1. The molecule has 0 atom stereocenters. The van der Waals surface area contributed by atoms with Crippen LogP contribution in [0.1, 0.15) is 31.2 Å². The smallest absolute Gasteiger partial charge is 0.345 e. The number of thiophene rings is 1. The Kier molecular flexibility index (Phi) is 4.56. The molecule has 2 aromatic carbocycles. The molecule has 4 rings (SSSR count). The van der Waals surface area contributed by atoms with Crippen molar-refractivity contribution in [1.29, 1.82) is 0 Å². The number of benzene rings is 2. The predicted octanol–water partition coefficient (Wildman–Crippen LogP) is 5.55. The number of carbonyl (C=O) groups is 2. The number of Topliss-reactive ketones (excluding diaryl/α,β-unsaturated/α-hetero) is 1. The third kappa shape index (κ3) is 3.39. The van der Waals surface area contributed by atoms with E-state index in [9.17, 15) is 9.59 Å². The Morgan fingerprint density at radius 2 is 2.00 bits per heavy atom. The summed E-state index contributed by atoms with van der Waals surface area (Å²) in [6.45, 7) is 1.97. The Bertz CT molecular complexity index is 1100. The summed E-state index contributed by atoms with van der Waals surface area (Å²) in [4.78, 5) is 25.8. The van der Waals surface area contributed by atoms with E-state index in [0.29, 0.717) is 16.3 Å². The third-order valence-corrected chi connectivity index (χ3v) is 5.41. The lowest BCUT2D eigenvalue weighted by Gasteiger charge is -2.06. The average Bonchev–Trinajstić information content (AvgIpc) is 3.19. The van der Waals surface area contributed by atoms with Crippen molar-refractivity contribution < 1.29 is 19.1 Å². The largest absolute Gasteiger partial charge is 0.452 e. The minimum absolute atomic E-state index is 0.193. The van der Waals surface area contributed by atoms with E-state index in [1.54, 1.807) is 42.5 Å². The van der Waals surface area contributed by atoms with Crippen LogP contribution in [0.2, 0.25) is 5.02 Å². The van der Waals surface area contributed by atoms with Crippen molar-refractivity contribution in [3.8, 4) is 11.5 Å². The summed E-state index contributed by atoms with van der Waals surface area (Å²) in [7, 11) is 0. The zero-order chi connectivity index (χ0) is 19.0. The molecule has 1 aliphatic heterocycles. The first-order chi connectivity index (χ1) is 13.0. The van der Waals surface area contributed by atoms with E-state index >= 15 is 0 Å². The molecule has 0 saturated carbocycles. The standard InChI is InChI=1S/C21H13ClO4S/c1-12-8-9-27-19(12)11-18-20(23)15-7-6-13(10-17(15)26-18)25-21(24)14-4-2-3-5-16(14)22/h2-11H,1H3/b18-11+. The van der Waals surface area contributed by atoms with Gasteiger partial charge in [0.15, 0.2) is 5.76 Å². The molecular weight excluding hydrogens is 384 g/mol. The second-order valence-electron chi connectivity index (χ2n) is 5.93. The summed E-state index contributed by atoms with van der Waals surface area (Å²) in [5, 5.41) is 2.27. The molecule has 0 saturated heterocycles. The van der Waals surface area contributed by atoms with Crippen LogP contribution < -0.4 is 9.47 Å². The summed E-state index contributed by atoms with van der Waals surface area (Å²) in [6.07, 6.45) is 1.73. The predicted molar refractivity (Wildman–Crippen MR) is 105 cm³/mol. The highest BCUT2D eigenvalue weighted by Crippen LogP contribution is 2.36. The monoisotopic (exact) mass is 396 g/mol. The molecule has 0 bridgehead atoms. The van der Waals surface area contributed by atoms with Gasteiger partial charge in [-0.25, -0.2) is 4.79 Å². The normalized spacial score (nSPS) is 14.1. The molecule has 4 nitrogen and oxygen atoms in total. The lowest BCUT2D eigenvalue weighted by Crippen LogP contribution is -2.09. The quantitative estimate of drug-likeness (QED) is 0.331. The zero-order valence-electron chi connectivity index (χ0n) is 14.2. The molecule has 0 aliphatic carbocycles. The topological polar surface area (TPSA) is 52.6 Å². The maximum atomic E-state index is 12.5. The van der Waals surface area contributed by atoms with Crippen LogP contribution in [0, 0.1) is 6.92 Å². The Morgan fingerprint density at radius 1 is 1.19 bits per heavy atom. The van der Waals surface area contributed by atoms with Crippen LogP contribution in [0.15, 0.2) is 59.7 Å². The van der Waals surface area contributed by atoms with Gasteiger partial charge in [0.25, 0.3) is 0 Å². The van der Waals surface area contributed by atoms with Crippen molar-refractivity contribution in [3.63, 3.8) is 0 Å². The second kappa shape index (κ2) is 7.02. The molecule has 0 radical (unpaired) electrons. The molecule has 0 amide bonds. The van der Waals surface area contributed by atoms with Crippen LogP contribution in [0.5, 0.6) is 11.5 Å². The summed E-state index contributed by atoms with van der Waals surface area (Å²) in [5.41, 5.74) is 1.78. The average molecular weight is 397 g/mol. The molecule has 2 heterocycles. The summed E-state index contributed by atoms with van der Waals surface area (Å²) >= 11 is 7.56. The summed E-state index contributed by atoms with van der Waals surface area (Å²) < 4.78 is 11.1. The molecule has 0 spiro atoms. The van der Waals surface area contributed by atoms with Crippen molar-refractivity contribution in [2.24, 2.45) is 0 Å². The van der Waals surface area contributed by atoms with Gasteiger partial charge in [-0.15, -0.1) is 11.3 Å². The first kappa shape index (κ1) is 17.5. The van der Waals surface area contributed by atoms with Gasteiger partial charge in [0.05, 0.1) is 16.1 Å². The molecule has 0 fully saturated rings. The molecular formula is C21H13ClO4S. The molecule has 1 aromatic heterocycles. The van der Waals surface area contributed by atoms with Crippen molar-refractivity contribution >= 4 is 40.8 Å². The summed E-state index contributed by atoms with van der Waals surface area (Å²) in [5.74, 6) is 0.131. The number of rotatable bonds is 3. The lowest BCUT2D eigenvalue weighted by molar-refractivity contribution is 0.0734. The molecule has 0 N–H and O–H groups in total. The van der Waals surface area contributed by atoms with Gasteiger partial charge in [0.1, 0.15) is 11.5 Å². The SMILES string of the molecule is Cc1ccsc1/C=C1/Oc2cc(OC(=O)c3ccccc3Cl)ccc2C1=O. The minimum atomic E-state index is -0.574. The van der Waals surface area contributed by atoms with Gasteiger partial charge in [-0.05, 0) is 48.2 Å². The highest BCUT2D eigenvalue weighted by Gasteiger charge is 2.28. The van der Waals surface area contributed by atoms with E-state index in [-0.39, 0.29) is 22.9 Å². The van der Waals surface area contributed by atoms with E-state index in [1.165, 1.54) is 17.4 Å². The van der Waals surface area contributed by atoms with Crippen LogP contribution >= 0.6 is 22.9 Å². The van der Waals surface area contributed by atoms with E-state index in [2.05, 4.69) is 0 Å². The first-order valence-electron chi connectivity index (χ1n) is 8.12. The number of carbonyl (C=O) groups excluding carboxylic acids is 2. The first-order valence-corrected chi connectivity index (χ1v) is 9.38. The highest BCUT2D eigenvalue weighted by atomic mass is 35.5. The van der Waals surface area contributed by atoms with Crippen LogP contribution in [-0.4, -0.2) is 11.8 Å². The van der Waals surface area contributed by atoms with Gasteiger partial charge in [0.2, 0.25) is 5.78 Å². The van der Waals surface area contributed by atoms with Gasteiger partial charge in [-0.2, -0.15) is 0 Å². The molecule has 134 valence electrons. The second-order valence-corrected chi connectivity index (χ2v) is 7.29. The number of allylic oxidation sites excluding steroid dienone is 1. The number of ether oxygens (including phenoxy) is 2. The maximum Gasteiger partial charge on any atom is 0.345 e. The van der Waals surface area contributed by atoms with Gasteiger partial charge in [-0.3, -0.25) is 4.79 Å². The zero-order valence-corrected chi connectivity index (χ0v) is 15.8. The van der Waals surface area contributed by atoms with Gasteiger partial charge in [-0.1, -0.05) is 23.7 Å². The van der Waals surface area contributed by atoms with Gasteiger partial charge < -0.3 is 9.47 Å². The Balaban J connectivity index is 1.58. The fourth-order valence-electron chi connectivity index (χ4n) is 2.67.